The monoisotopic (exact) mass is 340 g/mol. The van der Waals surface area contributed by atoms with Crippen molar-refractivity contribution in [1.82, 2.24) is 10.3 Å². The highest BCUT2D eigenvalue weighted by atomic mass is 35.5. The Kier molecular flexibility index (Phi) is 4.73. The summed E-state index contributed by atoms with van der Waals surface area (Å²) >= 11 is 8.31. The molecule has 2 heterocycles. The number of alkyl halides is 3. The van der Waals surface area contributed by atoms with Gasteiger partial charge in [0.2, 0.25) is 0 Å². The summed E-state index contributed by atoms with van der Waals surface area (Å²) in [5.41, 5.74) is 0.926. The zero-order chi connectivity index (χ0) is 14.9. The van der Waals surface area contributed by atoms with E-state index in [1.165, 1.54) is 17.5 Å². The second kappa shape index (κ2) is 6.01. The van der Waals surface area contributed by atoms with Crippen LogP contribution >= 0.6 is 34.3 Å². The standard InChI is InChI=1S/C12H12ClF3N2S2/c1-3-17-9(10-8(13)6(2)5-19-10)7-4-18-11(20-7)12(14,15)16/h4-5,9,17H,3H2,1-2H3. The van der Waals surface area contributed by atoms with Gasteiger partial charge in [-0.15, -0.1) is 22.7 Å². The number of thiazole rings is 1. The lowest BCUT2D eigenvalue weighted by Crippen LogP contribution is -2.20. The Morgan fingerprint density at radius 3 is 2.60 bits per heavy atom. The van der Waals surface area contributed by atoms with Crippen LogP contribution in [0.3, 0.4) is 0 Å². The van der Waals surface area contributed by atoms with Crippen molar-refractivity contribution in [3.8, 4) is 0 Å². The number of hydrogen-bond donors (Lipinski definition) is 1. The third kappa shape index (κ3) is 3.16. The number of nitrogens with zero attached hydrogens (tertiary/aromatic N) is 1. The molecule has 20 heavy (non-hydrogen) atoms. The fraction of sp³-hybridized carbons (Fsp3) is 0.417. The molecule has 0 radical (unpaired) electrons. The maximum Gasteiger partial charge on any atom is 0.443 e. The Balaban J connectivity index is 2.39. The van der Waals surface area contributed by atoms with Gasteiger partial charge in [-0.3, -0.25) is 0 Å². The van der Waals surface area contributed by atoms with Crippen LogP contribution in [0.4, 0.5) is 13.2 Å². The highest BCUT2D eigenvalue weighted by Gasteiger charge is 2.35. The van der Waals surface area contributed by atoms with Crippen molar-refractivity contribution >= 4 is 34.3 Å². The molecule has 0 aliphatic heterocycles. The lowest BCUT2D eigenvalue weighted by Gasteiger charge is -2.15. The molecular weight excluding hydrogens is 329 g/mol. The number of nitrogens with one attached hydrogen (secondary N) is 1. The molecular formula is C12H12ClF3N2S2. The van der Waals surface area contributed by atoms with E-state index < -0.39 is 11.2 Å². The van der Waals surface area contributed by atoms with E-state index in [-0.39, 0.29) is 6.04 Å². The topological polar surface area (TPSA) is 24.9 Å². The predicted octanol–water partition coefficient (Wildman–Crippen LogP) is 4.88. The Bertz CT molecular complexity index is 592. The first-order valence-corrected chi connectivity index (χ1v) is 7.91. The minimum Gasteiger partial charge on any atom is -0.305 e. The first-order chi connectivity index (χ1) is 9.34. The fourth-order valence-electron chi connectivity index (χ4n) is 1.72. The van der Waals surface area contributed by atoms with Crippen LogP contribution in [0.1, 0.15) is 33.3 Å². The van der Waals surface area contributed by atoms with Gasteiger partial charge >= 0.3 is 6.18 Å². The number of halogens is 4. The van der Waals surface area contributed by atoms with Gasteiger partial charge in [0.05, 0.1) is 11.1 Å². The van der Waals surface area contributed by atoms with Gasteiger partial charge in [0, 0.05) is 16.0 Å². The second-order valence-electron chi connectivity index (χ2n) is 4.15. The third-order valence-electron chi connectivity index (χ3n) is 2.65. The molecule has 0 amide bonds. The molecule has 0 saturated heterocycles. The van der Waals surface area contributed by atoms with E-state index in [1.807, 2.05) is 19.2 Å². The first kappa shape index (κ1) is 15.8. The molecule has 2 aromatic rings. The Labute approximate surface area is 127 Å². The summed E-state index contributed by atoms with van der Waals surface area (Å²) in [5, 5.41) is 4.83. The van der Waals surface area contributed by atoms with E-state index in [0.717, 1.165) is 10.4 Å². The first-order valence-electron chi connectivity index (χ1n) is 5.84. The maximum atomic E-state index is 12.6. The zero-order valence-electron chi connectivity index (χ0n) is 10.7. The zero-order valence-corrected chi connectivity index (χ0v) is 13.1. The SMILES string of the molecule is CCNC(c1cnc(C(F)(F)F)s1)c1scc(C)c1Cl. The number of hydrogen-bond acceptors (Lipinski definition) is 4. The molecule has 0 aliphatic rings. The lowest BCUT2D eigenvalue weighted by molar-refractivity contribution is -0.137. The summed E-state index contributed by atoms with van der Waals surface area (Å²) in [6, 6.07) is -0.347. The highest BCUT2D eigenvalue weighted by molar-refractivity contribution is 7.13. The predicted molar refractivity (Wildman–Crippen MR) is 76.7 cm³/mol. The van der Waals surface area contributed by atoms with E-state index in [1.54, 1.807) is 0 Å². The second-order valence-corrected chi connectivity index (χ2v) is 6.50. The van der Waals surface area contributed by atoms with Gasteiger partial charge in [0.25, 0.3) is 0 Å². The molecule has 110 valence electrons. The normalized spacial score (nSPS) is 13.7. The summed E-state index contributed by atoms with van der Waals surface area (Å²) in [7, 11) is 0. The Morgan fingerprint density at radius 1 is 1.45 bits per heavy atom. The fourth-order valence-corrected chi connectivity index (χ4v) is 4.06. The Hall–Kier alpha value is -0.630. The van der Waals surface area contributed by atoms with E-state index in [2.05, 4.69) is 10.3 Å². The van der Waals surface area contributed by atoms with E-state index in [0.29, 0.717) is 27.8 Å². The van der Waals surface area contributed by atoms with Crippen LogP contribution < -0.4 is 5.32 Å². The number of aryl methyl sites for hydroxylation is 1. The number of thiophene rings is 1. The van der Waals surface area contributed by atoms with Crippen LogP contribution in [0.15, 0.2) is 11.6 Å². The summed E-state index contributed by atoms with van der Waals surface area (Å²) in [6.07, 6.45) is -3.14. The molecule has 1 atom stereocenters. The molecule has 0 aromatic carbocycles. The average Bonchev–Trinajstić information content (AvgIpc) is 2.96. The number of aromatic nitrogens is 1. The van der Waals surface area contributed by atoms with E-state index in [4.69, 9.17) is 11.6 Å². The van der Waals surface area contributed by atoms with Crippen molar-refractivity contribution in [2.24, 2.45) is 0 Å². The van der Waals surface area contributed by atoms with Crippen molar-refractivity contribution in [3.63, 3.8) is 0 Å². The van der Waals surface area contributed by atoms with Crippen molar-refractivity contribution in [2.45, 2.75) is 26.1 Å². The molecule has 0 spiro atoms. The maximum absolute atomic E-state index is 12.6. The van der Waals surface area contributed by atoms with Crippen LogP contribution in [0.2, 0.25) is 5.02 Å². The van der Waals surface area contributed by atoms with Gasteiger partial charge in [-0.1, -0.05) is 18.5 Å². The van der Waals surface area contributed by atoms with Crippen LogP contribution in [-0.2, 0) is 6.18 Å². The minimum absolute atomic E-state index is 0.347. The van der Waals surface area contributed by atoms with Gasteiger partial charge in [-0.25, -0.2) is 4.98 Å². The molecule has 0 fully saturated rings. The molecule has 0 aliphatic carbocycles. The quantitative estimate of drug-likeness (QED) is 0.857. The van der Waals surface area contributed by atoms with Crippen molar-refractivity contribution in [1.29, 1.82) is 0 Å². The van der Waals surface area contributed by atoms with Crippen molar-refractivity contribution in [3.05, 3.63) is 36.9 Å². The summed E-state index contributed by atoms with van der Waals surface area (Å²) in [4.78, 5) is 4.81. The summed E-state index contributed by atoms with van der Waals surface area (Å²) < 4.78 is 37.9. The summed E-state index contributed by atoms with van der Waals surface area (Å²) in [6.45, 7) is 4.39. The smallest absolute Gasteiger partial charge is 0.305 e. The average molecular weight is 341 g/mol. The molecule has 2 nitrogen and oxygen atoms in total. The van der Waals surface area contributed by atoms with Gasteiger partial charge in [-0.2, -0.15) is 13.2 Å². The Morgan fingerprint density at radius 2 is 2.15 bits per heavy atom. The van der Waals surface area contributed by atoms with Crippen LogP contribution in [-0.4, -0.2) is 11.5 Å². The van der Waals surface area contributed by atoms with E-state index >= 15 is 0 Å². The molecule has 0 saturated carbocycles. The highest BCUT2D eigenvalue weighted by Crippen LogP contribution is 2.40. The van der Waals surface area contributed by atoms with Gasteiger partial charge in [-0.05, 0) is 24.4 Å². The largest absolute Gasteiger partial charge is 0.443 e. The molecule has 2 aromatic heterocycles. The van der Waals surface area contributed by atoms with Crippen molar-refractivity contribution in [2.75, 3.05) is 6.54 Å². The third-order valence-corrected chi connectivity index (χ3v) is 5.53. The molecule has 0 bridgehead atoms. The van der Waals surface area contributed by atoms with Gasteiger partial charge in [0.1, 0.15) is 0 Å². The molecule has 1 N–H and O–H groups in total. The van der Waals surface area contributed by atoms with Crippen LogP contribution in [0.5, 0.6) is 0 Å². The number of rotatable bonds is 4. The van der Waals surface area contributed by atoms with Gasteiger partial charge in [0.15, 0.2) is 5.01 Å². The lowest BCUT2D eigenvalue weighted by atomic mass is 10.2. The molecule has 1 unspecified atom stereocenters. The van der Waals surface area contributed by atoms with Gasteiger partial charge < -0.3 is 5.32 Å². The van der Waals surface area contributed by atoms with E-state index in [9.17, 15) is 13.2 Å². The minimum atomic E-state index is -4.41. The summed E-state index contributed by atoms with van der Waals surface area (Å²) in [5.74, 6) is 0. The molecule has 8 heteroatoms. The molecule has 2 rings (SSSR count). The van der Waals surface area contributed by atoms with Crippen LogP contribution in [0.25, 0.3) is 0 Å². The van der Waals surface area contributed by atoms with Crippen molar-refractivity contribution < 1.29 is 13.2 Å². The van der Waals surface area contributed by atoms with Crippen LogP contribution in [0, 0.1) is 6.92 Å².